The minimum absolute atomic E-state index is 0.0733. The lowest BCUT2D eigenvalue weighted by molar-refractivity contribution is -0.118. The Morgan fingerprint density at radius 1 is 1.18 bits per heavy atom. The van der Waals surface area contributed by atoms with Gasteiger partial charge in [0.1, 0.15) is 17.8 Å². The molecule has 0 aliphatic rings. The molecule has 2 aromatic heterocycles. The van der Waals surface area contributed by atoms with E-state index in [0.717, 1.165) is 5.56 Å². The van der Waals surface area contributed by atoms with Crippen LogP contribution in [0, 0.1) is 5.92 Å². The number of benzene rings is 1. The molecule has 2 heterocycles. The summed E-state index contributed by atoms with van der Waals surface area (Å²) in [5, 5.41) is 6.21. The maximum absolute atomic E-state index is 12.3. The van der Waals surface area contributed by atoms with Crippen molar-refractivity contribution in [1.82, 2.24) is 19.9 Å². The first kappa shape index (κ1) is 19.6. The predicted molar refractivity (Wildman–Crippen MR) is 107 cm³/mol. The fourth-order valence-electron chi connectivity index (χ4n) is 2.38. The molecule has 8 heteroatoms. The van der Waals surface area contributed by atoms with Gasteiger partial charge >= 0.3 is 0 Å². The van der Waals surface area contributed by atoms with Crippen LogP contribution in [0.2, 0.25) is 5.02 Å². The van der Waals surface area contributed by atoms with Crippen molar-refractivity contribution >= 4 is 29.1 Å². The summed E-state index contributed by atoms with van der Waals surface area (Å²) in [6.07, 6.45) is 4.68. The highest BCUT2D eigenvalue weighted by Crippen LogP contribution is 2.13. The third-order valence-corrected chi connectivity index (χ3v) is 4.20. The molecule has 3 rings (SSSR count). The van der Waals surface area contributed by atoms with Crippen LogP contribution in [0.5, 0.6) is 0 Å². The summed E-state index contributed by atoms with van der Waals surface area (Å²) in [5.41, 5.74) is 1.80. The fraction of sp³-hybridized carbons (Fsp3) is 0.200. The Kier molecular flexibility index (Phi) is 6.06. The van der Waals surface area contributed by atoms with Crippen LogP contribution < -0.4 is 10.6 Å². The van der Waals surface area contributed by atoms with E-state index in [4.69, 9.17) is 11.6 Å². The van der Waals surface area contributed by atoms with Crippen LogP contribution in [0.3, 0.4) is 0 Å². The van der Waals surface area contributed by atoms with Gasteiger partial charge in [-0.25, -0.2) is 9.97 Å². The maximum Gasteiger partial charge on any atom is 0.271 e. The van der Waals surface area contributed by atoms with Gasteiger partial charge in [0.25, 0.3) is 5.91 Å². The van der Waals surface area contributed by atoms with Gasteiger partial charge in [0, 0.05) is 23.7 Å². The first-order chi connectivity index (χ1) is 13.4. The highest BCUT2D eigenvalue weighted by Gasteiger charge is 2.11. The highest BCUT2D eigenvalue weighted by molar-refractivity contribution is 6.30. The van der Waals surface area contributed by atoms with Gasteiger partial charge in [-0.05, 0) is 29.8 Å². The number of hydrogen-bond acceptors (Lipinski definition) is 4. The van der Waals surface area contributed by atoms with Crippen molar-refractivity contribution in [1.29, 1.82) is 0 Å². The molecule has 0 bridgehead atoms. The van der Waals surface area contributed by atoms with Gasteiger partial charge in [0.05, 0.1) is 11.9 Å². The van der Waals surface area contributed by atoms with Gasteiger partial charge < -0.3 is 10.6 Å². The van der Waals surface area contributed by atoms with E-state index in [-0.39, 0.29) is 23.4 Å². The number of amides is 2. The van der Waals surface area contributed by atoms with Gasteiger partial charge in [0.15, 0.2) is 0 Å². The number of hydrogen-bond donors (Lipinski definition) is 2. The molecule has 2 amide bonds. The molecule has 0 saturated heterocycles. The van der Waals surface area contributed by atoms with Crippen LogP contribution in [-0.4, -0.2) is 26.3 Å². The van der Waals surface area contributed by atoms with E-state index in [1.807, 2.05) is 26.0 Å². The molecule has 0 atom stereocenters. The molecule has 0 aliphatic carbocycles. The van der Waals surface area contributed by atoms with Crippen molar-refractivity contribution in [3.63, 3.8) is 0 Å². The van der Waals surface area contributed by atoms with Gasteiger partial charge in [-0.3, -0.25) is 14.2 Å². The number of rotatable bonds is 6. The summed E-state index contributed by atoms with van der Waals surface area (Å²) < 4.78 is 1.64. The molecule has 3 aromatic rings. The van der Waals surface area contributed by atoms with Crippen LogP contribution in [0.25, 0.3) is 5.82 Å². The largest absolute Gasteiger partial charge is 0.347 e. The smallest absolute Gasteiger partial charge is 0.271 e. The van der Waals surface area contributed by atoms with Crippen molar-refractivity contribution in [3.05, 3.63) is 71.4 Å². The molecule has 0 saturated carbocycles. The summed E-state index contributed by atoms with van der Waals surface area (Å²) in [7, 11) is 0. The zero-order valence-electron chi connectivity index (χ0n) is 15.5. The SMILES string of the molecule is CC(C)C(=O)Nc1ccc(-n2cnc(C(=O)NCc3cccc(Cl)c3)c2)nc1. The number of anilines is 1. The summed E-state index contributed by atoms with van der Waals surface area (Å²) in [5.74, 6) is 0.112. The molecule has 1 aromatic carbocycles. The van der Waals surface area contributed by atoms with E-state index in [1.165, 1.54) is 6.33 Å². The summed E-state index contributed by atoms with van der Waals surface area (Å²) in [6.45, 7) is 4.00. The Bertz CT molecular complexity index is 982. The minimum Gasteiger partial charge on any atom is -0.347 e. The average Bonchev–Trinajstić information content (AvgIpc) is 3.17. The van der Waals surface area contributed by atoms with E-state index in [1.54, 1.807) is 41.2 Å². The highest BCUT2D eigenvalue weighted by atomic mass is 35.5. The van der Waals surface area contributed by atoms with Gasteiger partial charge in [-0.1, -0.05) is 37.6 Å². The van der Waals surface area contributed by atoms with E-state index in [9.17, 15) is 9.59 Å². The normalized spacial score (nSPS) is 10.7. The second-order valence-electron chi connectivity index (χ2n) is 6.53. The first-order valence-electron chi connectivity index (χ1n) is 8.76. The molecule has 0 unspecified atom stereocenters. The molecule has 144 valence electrons. The van der Waals surface area contributed by atoms with Crippen molar-refractivity contribution in [2.75, 3.05) is 5.32 Å². The number of nitrogens with zero attached hydrogens (tertiary/aromatic N) is 3. The van der Waals surface area contributed by atoms with Crippen LogP contribution >= 0.6 is 11.6 Å². The van der Waals surface area contributed by atoms with Gasteiger partial charge in [-0.15, -0.1) is 0 Å². The van der Waals surface area contributed by atoms with Crippen molar-refractivity contribution in [2.24, 2.45) is 5.92 Å². The van der Waals surface area contributed by atoms with Crippen molar-refractivity contribution in [3.8, 4) is 5.82 Å². The number of nitrogens with one attached hydrogen (secondary N) is 2. The van der Waals surface area contributed by atoms with Crippen LogP contribution in [0.15, 0.2) is 55.1 Å². The summed E-state index contributed by atoms with van der Waals surface area (Å²) in [4.78, 5) is 32.5. The monoisotopic (exact) mass is 397 g/mol. The number of pyridine rings is 1. The Labute approximate surface area is 167 Å². The Balaban J connectivity index is 1.63. The molecular weight excluding hydrogens is 378 g/mol. The van der Waals surface area contributed by atoms with Crippen LogP contribution in [0.1, 0.15) is 29.9 Å². The topological polar surface area (TPSA) is 88.9 Å². The lowest BCUT2D eigenvalue weighted by Crippen LogP contribution is -2.23. The second kappa shape index (κ2) is 8.67. The summed E-state index contributed by atoms with van der Waals surface area (Å²) >= 11 is 5.94. The molecule has 0 aliphatic heterocycles. The number of carbonyl (C=O) groups is 2. The Hall–Kier alpha value is -3.19. The Morgan fingerprint density at radius 3 is 2.68 bits per heavy atom. The first-order valence-corrected chi connectivity index (χ1v) is 9.14. The van der Waals surface area contributed by atoms with Crippen LogP contribution in [-0.2, 0) is 11.3 Å². The third kappa shape index (κ3) is 4.95. The van der Waals surface area contributed by atoms with E-state index in [2.05, 4.69) is 20.6 Å². The molecular formula is C20H20ClN5O2. The second-order valence-corrected chi connectivity index (χ2v) is 6.96. The zero-order chi connectivity index (χ0) is 20.1. The minimum atomic E-state index is -0.292. The van der Waals surface area contributed by atoms with Crippen molar-refractivity contribution in [2.45, 2.75) is 20.4 Å². The zero-order valence-corrected chi connectivity index (χ0v) is 16.3. The van der Waals surface area contributed by atoms with Gasteiger partial charge in [-0.2, -0.15) is 0 Å². The number of imidazole rings is 1. The van der Waals surface area contributed by atoms with E-state index < -0.39 is 0 Å². The molecule has 0 radical (unpaired) electrons. The standard InChI is InChI=1S/C20H20ClN5O2/c1-13(2)19(27)25-16-6-7-18(22-10-16)26-11-17(24-12-26)20(28)23-9-14-4-3-5-15(21)8-14/h3-8,10-13H,9H2,1-2H3,(H,23,28)(H,25,27). The molecule has 7 nitrogen and oxygen atoms in total. The fourth-order valence-corrected chi connectivity index (χ4v) is 2.60. The number of halogens is 1. The van der Waals surface area contributed by atoms with Crippen LogP contribution in [0.4, 0.5) is 5.69 Å². The molecule has 0 fully saturated rings. The van der Waals surface area contributed by atoms with Gasteiger partial charge in [0.2, 0.25) is 5.91 Å². The Morgan fingerprint density at radius 2 is 2.00 bits per heavy atom. The average molecular weight is 398 g/mol. The third-order valence-electron chi connectivity index (χ3n) is 3.96. The van der Waals surface area contributed by atoms with E-state index >= 15 is 0 Å². The van der Waals surface area contributed by atoms with E-state index in [0.29, 0.717) is 23.1 Å². The predicted octanol–water partition coefficient (Wildman–Crippen LogP) is 3.45. The molecule has 28 heavy (non-hydrogen) atoms. The molecule has 0 spiro atoms. The maximum atomic E-state index is 12.3. The lowest BCUT2D eigenvalue weighted by atomic mass is 10.2. The summed E-state index contributed by atoms with van der Waals surface area (Å²) in [6, 6.07) is 10.8. The lowest BCUT2D eigenvalue weighted by Gasteiger charge is -2.08. The van der Waals surface area contributed by atoms with Crippen molar-refractivity contribution < 1.29 is 9.59 Å². The quantitative estimate of drug-likeness (QED) is 0.666. The number of aromatic nitrogens is 3. The number of carbonyl (C=O) groups excluding carboxylic acids is 2. The molecule has 2 N–H and O–H groups in total.